The van der Waals surface area contributed by atoms with Crippen molar-refractivity contribution in [2.45, 2.75) is 0 Å². The van der Waals surface area contributed by atoms with Crippen molar-refractivity contribution < 1.29 is 4.57 Å². The molecular formula is C20H16N+. The first-order valence-corrected chi connectivity index (χ1v) is 7.20. The topological polar surface area (TPSA) is 3.88 Å². The largest absolute Gasteiger partial charge is 0.213 e. The zero-order valence-electron chi connectivity index (χ0n) is 12.0. The molecule has 1 aromatic heterocycles. The summed E-state index contributed by atoms with van der Waals surface area (Å²) in [5, 5.41) is 2.57. The lowest BCUT2D eigenvalue weighted by Gasteiger charge is -2.07. The highest BCUT2D eigenvalue weighted by atomic mass is 14.9. The number of para-hydroxylation sites is 1. The minimum Gasteiger partial charge on any atom is -0.194 e. The quantitative estimate of drug-likeness (QED) is 0.354. The number of hydrogen-bond acceptors (Lipinski definition) is 0. The smallest absolute Gasteiger partial charge is 0.194 e. The van der Waals surface area contributed by atoms with E-state index in [1.165, 1.54) is 32.9 Å². The summed E-state index contributed by atoms with van der Waals surface area (Å²) >= 11 is 0. The van der Waals surface area contributed by atoms with Gasteiger partial charge in [-0.25, -0.2) is 0 Å². The van der Waals surface area contributed by atoms with Crippen molar-refractivity contribution in [1.82, 2.24) is 0 Å². The summed E-state index contributed by atoms with van der Waals surface area (Å²) in [4.78, 5) is 0. The van der Waals surface area contributed by atoms with Crippen molar-refractivity contribution in [2.24, 2.45) is 7.05 Å². The average Bonchev–Trinajstić information content (AvgIpc) is 2.56. The summed E-state index contributed by atoms with van der Waals surface area (Å²) in [6, 6.07) is 27.9. The van der Waals surface area contributed by atoms with Crippen LogP contribution in [-0.2, 0) is 7.05 Å². The molecule has 4 rings (SSSR count). The van der Waals surface area contributed by atoms with Crippen molar-refractivity contribution in [3.63, 3.8) is 0 Å². The minimum absolute atomic E-state index is 1.26. The average molecular weight is 270 g/mol. The summed E-state index contributed by atoms with van der Waals surface area (Å²) < 4.78 is 2.27. The molecule has 1 heteroatoms. The molecule has 0 fully saturated rings. The van der Waals surface area contributed by atoms with Crippen LogP contribution in [0.3, 0.4) is 0 Å². The number of pyridine rings is 1. The molecule has 0 saturated carbocycles. The maximum atomic E-state index is 2.30. The van der Waals surface area contributed by atoms with E-state index in [4.69, 9.17) is 0 Å². The highest BCUT2D eigenvalue weighted by Crippen LogP contribution is 2.29. The van der Waals surface area contributed by atoms with Crippen molar-refractivity contribution >= 4 is 21.8 Å². The van der Waals surface area contributed by atoms with Crippen LogP contribution in [0.2, 0.25) is 0 Å². The predicted molar refractivity (Wildman–Crippen MR) is 88.1 cm³/mol. The third kappa shape index (κ3) is 1.90. The summed E-state index contributed by atoms with van der Waals surface area (Å²) in [7, 11) is 2.14. The standard InChI is InChI=1S/C20H16N/c1-21-19-12-6-5-10-16(19)14-18-17(11-7-13-20(18)21)15-8-3-2-4-9-15/h2-14H,1H3/q+1. The second kappa shape index (κ2) is 4.71. The SMILES string of the molecule is C[n+]1c2ccccc2cc2c(-c3ccccc3)cccc21. The van der Waals surface area contributed by atoms with Gasteiger partial charge in [0.2, 0.25) is 11.0 Å². The molecule has 0 bridgehead atoms. The van der Waals surface area contributed by atoms with E-state index in [2.05, 4.69) is 90.5 Å². The van der Waals surface area contributed by atoms with Crippen LogP contribution in [0.1, 0.15) is 0 Å². The third-order valence-corrected chi connectivity index (χ3v) is 4.13. The Morgan fingerprint density at radius 2 is 1.38 bits per heavy atom. The van der Waals surface area contributed by atoms with Crippen LogP contribution in [0.5, 0.6) is 0 Å². The van der Waals surface area contributed by atoms with Gasteiger partial charge < -0.3 is 0 Å². The summed E-state index contributed by atoms with van der Waals surface area (Å²) in [6.45, 7) is 0. The van der Waals surface area contributed by atoms with Crippen LogP contribution < -0.4 is 4.57 Å². The van der Waals surface area contributed by atoms with Crippen molar-refractivity contribution in [1.29, 1.82) is 0 Å². The molecule has 0 atom stereocenters. The number of hydrogen-bond donors (Lipinski definition) is 0. The lowest BCUT2D eigenvalue weighted by Crippen LogP contribution is -2.29. The minimum atomic E-state index is 1.26. The van der Waals surface area contributed by atoms with Gasteiger partial charge in [-0.15, -0.1) is 0 Å². The van der Waals surface area contributed by atoms with Gasteiger partial charge >= 0.3 is 0 Å². The van der Waals surface area contributed by atoms with Gasteiger partial charge in [0.1, 0.15) is 7.05 Å². The van der Waals surface area contributed by atoms with Gasteiger partial charge in [0.05, 0.1) is 5.39 Å². The lowest BCUT2D eigenvalue weighted by molar-refractivity contribution is -0.617. The van der Waals surface area contributed by atoms with Gasteiger partial charge in [0.15, 0.2) is 0 Å². The lowest BCUT2D eigenvalue weighted by atomic mass is 9.99. The Kier molecular flexibility index (Phi) is 2.71. The number of rotatable bonds is 1. The molecule has 0 saturated heterocycles. The molecule has 4 aromatic rings. The van der Waals surface area contributed by atoms with E-state index >= 15 is 0 Å². The molecule has 0 spiro atoms. The predicted octanol–water partition coefficient (Wildman–Crippen LogP) is 4.48. The monoisotopic (exact) mass is 270 g/mol. The summed E-state index contributed by atoms with van der Waals surface area (Å²) in [6.07, 6.45) is 0. The Labute approximate surface area is 124 Å². The number of aryl methyl sites for hydroxylation is 1. The molecule has 0 aliphatic heterocycles. The Hall–Kier alpha value is -2.67. The van der Waals surface area contributed by atoms with Crippen molar-refractivity contribution in [2.75, 3.05) is 0 Å². The molecule has 0 unspecified atom stereocenters. The van der Waals surface area contributed by atoms with E-state index in [9.17, 15) is 0 Å². The van der Waals surface area contributed by atoms with Gasteiger partial charge in [-0.1, -0.05) is 54.6 Å². The fourth-order valence-corrected chi connectivity index (χ4v) is 3.07. The molecule has 0 aliphatic rings. The van der Waals surface area contributed by atoms with Crippen LogP contribution in [0.4, 0.5) is 0 Å². The second-order valence-electron chi connectivity index (χ2n) is 5.37. The Morgan fingerprint density at radius 3 is 2.24 bits per heavy atom. The van der Waals surface area contributed by atoms with E-state index in [-0.39, 0.29) is 0 Å². The van der Waals surface area contributed by atoms with Gasteiger partial charge in [0.25, 0.3) is 0 Å². The normalized spacial score (nSPS) is 11.1. The molecule has 21 heavy (non-hydrogen) atoms. The molecule has 0 N–H and O–H groups in total. The number of nitrogens with zero attached hydrogens (tertiary/aromatic N) is 1. The third-order valence-electron chi connectivity index (χ3n) is 4.13. The van der Waals surface area contributed by atoms with E-state index < -0.39 is 0 Å². The van der Waals surface area contributed by atoms with E-state index in [1.54, 1.807) is 0 Å². The molecule has 0 radical (unpaired) electrons. The maximum absolute atomic E-state index is 2.30. The molecular weight excluding hydrogens is 254 g/mol. The van der Waals surface area contributed by atoms with E-state index in [1.807, 2.05) is 0 Å². The highest BCUT2D eigenvalue weighted by Gasteiger charge is 2.14. The van der Waals surface area contributed by atoms with Gasteiger partial charge in [-0.3, -0.25) is 0 Å². The summed E-state index contributed by atoms with van der Waals surface area (Å²) in [5.74, 6) is 0. The van der Waals surface area contributed by atoms with Crippen LogP contribution in [0, 0.1) is 0 Å². The van der Waals surface area contributed by atoms with Crippen LogP contribution in [0.15, 0.2) is 78.9 Å². The van der Waals surface area contributed by atoms with E-state index in [0.717, 1.165) is 0 Å². The van der Waals surface area contributed by atoms with Gasteiger partial charge in [0, 0.05) is 17.5 Å². The van der Waals surface area contributed by atoms with Crippen molar-refractivity contribution in [3.8, 4) is 11.1 Å². The Bertz CT molecular complexity index is 940. The van der Waals surface area contributed by atoms with Gasteiger partial charge in [-0.2, -0.15) is 4.57 Å². The summed E-state index contributed by atoms with van der Waals surface area (Å²) in [5.41, 5.74) is 5.07. The first kappa shape index (κ1) is 12.1. The fraction of sp³-hybridized carbons (Fsp3) is 0.0500. The first-order valence-electron chi connectivity index (χ1n) is 7.20. The molecule has 0 aliphatic carbocycles. The van der Waals surface area contributed by atoms with Crippen molar-refractivity contribution in [3.05, 3.63) is 78.9 Å². The van der Waals surface area contributed by atoms with Crippen LogP contribution >= 0.6 is 0 Å². The number of aromatic nitrogens is 1. The molecule has 1 heterocycles. The molecule has 3 aromatic carbocycles. The van der Waals surface area contributed by atoms with Gasteiger partial charge in [-0.05, 0) is 23.3 Å². The number of benzene rings is 3. The zero-order chi connectivity index (χ0) is 14.2. The van der Waals surface area contributed by atoms with Crippen LogP contribution in [-0.4, -0.2) is 0 Å². The first-order chi connectivity index (χ1) is 10.3. The second-order valence-corrected chi connectivity index (χ2v) is 5.37. The zero-order valence-corrected chi connectivity index (χ0v) is 12.0. The molecule has 1 nitrogen and oxygen atoms in total. The Morgan fingerprint density at radius 1 is 0.667 bits per heavy atom. The highest BCUT2D eigenvalue weighted by molar-refractivity contribution is 5.98. The maximum Gasteiger partial charge on any atom is 0.213 e. The molecule has 0 amide bonds. The van der Waals surface area contributed by atoms with E-state index in [0.29, 0.717) is 0 Å². The molecule has 100 valence electrons. The van der Waals surface area contributed by atoms with Crippen LogP contribution in [0.25, 0.3) is 32.9 Å². The Balaban J connectivity index is 2.15. The number of fused-ring (bicyclic) bond motifs is 2. The fourth-order valence-electron chi connectivity index (χ4n) is 3.07.